The lowest BCUT2D eigenvalue weighted by molar-refractivity contribution is 0.779. The molecule has 3 nitrogen and oxygen atoms in total. The van der Waals surface area contributed by atoms with Crippen molar-refractivity contribution < 1.29 is 0 Å². The lowest BCUT2D eigenvalue weighted by Gasteiger charge is -2.20. The summed E-state index contributed by atoms with van der Waals surface area (Å²) in [4.78, 5) is 4.93. The monoisotopic (exact) mass is 373 g/mol. The number of benzene rings is 2. The second kappa shape index (κ2) is 8.47. The first kappa shape index (κ1) is 19.9. The second-order valence-corrected chi connectivity index (χ2v) is 7.86. The van der Waals surface area contributed by atoms with E-state index in [1.54, 1.807) is 0 Å². The molecule has 1 heterocycles. The molecule has 3 heteroatoms. The molecule has 3 rings (SSSR count). The highest BCUT2D eigenvalue weighted by Crippen LogP contribution is 2.25. The van der Waals surface area contributed by atoms with Crippen molar-refractivity contribution in [2.24, 2.45) is 0 Å². The fraction of sp³-hybridized carbons (Fsp3) is 0.320. The van der Waals surface area contributed by atoms with Gasteiger partial charge < -0.3 is 10.6 Å². The lowest BCUT2D eigenvalue weighted by atomic mass is 10.1. The zero-order chi connectivity index (χ0) is 20.3. The summed E-state index contributed by atoms with van der Waals surface area (Å²) in [6.07, 6.45) is 0. The van der Waals surface area contributed by atoms with Crippen LogP contribution in [0.3, 0.4) is 0 Å². The number of hydrogen-bond donors (Lipinski definition) is 2. The van der Waals surface area contributed by atoms with Crippen LogP contribution in [0.25, 0.3) is 0 Å². The Kier molecular flexibility index (Phi) is 6.03. The molecule has 0 spiro atoms. The third kappa shape index (κ3) is 4.72. The SMILES string of the molecule is Cc1ccc(NC(C)c2cccc(C(C)Nc3ccc(C)cc3C)n2)c(C)c1. The average Bonchev–Trinajstić information content (AvgIpc) is 2.66. The Balaban J connectivity index is 1.75. The normalized spacial score (nSPS) is 13.1. The molecule has 146 valence electrons. The van der Waals surface area contributed by atoms with Crippen molar-refractivity contribution in [1.29, 1.82) is 0 Å². The van der Waals surface area contributed by atoms with Crippen LogP contribution in [0.5, 0.6) is 0 Å². The average molecular weight is 374 g/mol. The number of nitrogens with zero attached hydrogens (tertiary/aromatic N) is 1. The van der Waals surface area contributed by atoms with E-state index in [0.29, 0.717) is 0 Å². The molecule has 2 N–H and O–H groups in total. The molecule has 0 radical (unpaired) electrons. The summed E-state index contributed by atoms with van der Waals surface area (Å²) in [6, 6.07) is 19.5. The quantitative estimate of drug-likeness (QED) is 0.507. The third-order valence-corrected chi connectivity index (χ3v) is 5.19. The van der Waals surface area contributed by atoms with E-state index in [1.165, 1.54) is 22.3 Å². The Morgan fingerprint density at radius 1 is 0.643 bits per heavy atom. The van der Waals surface area contributed by atoms with Gasteiger partial charge in [-0.3, -0.25) is 4.98 Å². The molecule has 0 saturated carbocycles. The van der Waals surface area contributed by atoms with Gasteiger partial charge in [0.1, 0.15) is 0 Å². The third-order valence-electron chi connectivity index (χ3n) is 5.19. The molecule has 0 aliphatic carbocycles. The molecule has 0 aliphatic heterocycles. The molecule has 2 aromatic carbocycles. The first-order chi connectivity index (χ1) is 13.3. The van der Waals surface area contributed by atoms with E-state index < -0.39 is 0 Å². The summed E-state index contributed by atoms with van der Waals surface area (Å²) >= 11 is 0. The summed E-state index contributed by atoms with van der Waals surface area (Å²) in [7, 11) is 0. The van der Waals surface area contributed by atoms with Crippen LogP contribution in [0.2, 0.25) is 0 Å². The van der Waals surface area contributed by atoms with Crippen LogP contribution in [-0.2, 0) is 0 Å². The van der Waals surface area contributed by atoms with Gasteiger partial charge >= 0.3 is 0 Å². The van der Waals surface area contributed by atoms with Crippen LogP contribution in [-0.4, -0.2) is 4.98 Å². The van der Waals surface area contributed by atoms with Gasteiger partial charge in [0, 0.05) is 11.4 Å². The van der Waals surface area contributed by atoms with Crippen molar-refractivity contribution in [2.45, 2.75) is 53.6 Å². The Morgan fingerprint density at radius 2 is 1.07 bits per heavy atom. The van der Waals surface area contributed by atoms with Crippen LogP contribution in [0.4, 0.5) is 11.4 Å². The van der Waals surface area contributed by atoms with Gasteiger partial charge in [-0.15, -0.1) is 0 Å². The molecule has 1 aromatic heterocycles. The minimum atomic E-state index is 0.134. The van der Waals surface area contributed by atoms with Crippen molar-refractivity contribution in [2.75, 3.05) is 10.6 Å². The summed E-state index contributed by atoms with van der Waals surface area (Å²) in [6.45, 7) is 12.8. The number of pyridine rings is 1. The van der Waals surface area contributed by atoms with Crippen molar-refractivity contribution in [3.8, 4) is 0 Å². The van der Waals surface area contributed by atoms with Crippen LogP contribution < -0.4 is 10.6 Å². The zero-order valence-corrected chi connectivity index (χ0v) is 17.8. The summed E-state index contributed by atoms with van der Waals surface area (Å²) in [5.41, 5.74) is 9.49. The molecule has 28 heavy (non-hydrogen) atoms. The first-order valence-electron chi connectivity index (χ1n) is 9.98. The van der Waals surface area contributed by atoms with E-state index in [1.807, 2.05) is 0 Å². The standard InChI is InChI=1S/C25H31N3/c1-16-10-12-22(18(3)14-16)26-20(5)24-8-7-9-25(28-24)21(6)27-23-13-11-17(2)15-19(23)4/h7-15,20-21,26-27H,1-6H3. The molecule has 0 bridgehead atoms. The molecule has 0 aliphatic rings. The number of anilines is 2. The Hall–Kier alpha value is -2.81. The number of rotatable bonds is 6. The largest absolute Gasteiger partial charge is 0.377 e. The van der Waals surface area contributed by atoms with Crippen molar-refractivity contribution in [1.82, 2.24) is 4.98 Å². The second-order valence-electron chi connectivity index (χ2n) is 7.86. The van der Waals surface area contributed by atoms with Crippen molar-refractivity contribution >= 4 is 11.4 Å². The van der Waals surface area contributed by atoms with Gasteiger partial charge in [-0.2, -0.15) is 0 Å². The maximum atomic E-state index is 4.93. The predicted molar refractivity (Wildman–Crippen MR) is 120 cm³/mol. The number of nitrogens with one attached hydrogen (secondary N) is 2. The first-order valence-corrected chi connectivity index (χ1v) is 9.98. The summed E-state index contributed by atoms with van der Waals surface area (Å²) in [5.74, 6) is 0. The topological polar surface area (TPSA) is 37.0 Å². The summed E-state index contributed by atoms with van der Waals surface area (Å²) < 4.78 is 0. The van der Waals surface area contributed by atoms with Gasteiger partial charge in [0.15, 0.2) is 0 Å². The highest BCUT2D eigenvalue weighted by atomic mass is 15.0. The number of hydrogen-bond acceptors (Lipinski definition) is 3. The van der Waals surface area contributed by atoms with Gasteiger partial charge in [0.05, 0.1) is 23.5 Å². The van der Waals surface area contributed by atoms with Crippen LogP contribution >= 0.6 is 0 Å². The Bertz CT molecular complexity index is 887. The molecule has 2 atom stereocenters. The lowest BCUT2D eigenvalue weighted by Crippen LogP contribution is -2.14. The highest BCUT2D eigenvalue weighted by molar-refractivity contribution is 5.54. The highest BCUT2D eigenvalue weighted by Gasteiger charge is 2.13. The molecule has 3 aromatic rings. The van der Waals surface area contributed by atoms with Crippen LogP contribution in [0.15, 0.2) is 54.6 Å². The molecule has 2 unspecified atom stereocenters. The minimum absolute atomic E-state index is 0.134. The van der Waals surface area contributed by atoms with Gasteiger partial charge in [-0.05, 0) is 76.9 Å². The van der Waals surface area contributed by atoms with Gasteiger partial charge in [-0.1, -0.05) is 41.5 Å². The van der Waals surface area contributed by atoms with E-state index in [2.05, 4.69) is 107 Å². The smallest absolute Gasteiger partial charge is 0.0657 e. The number of aryl methyl sites for hydroxylation is 4. The molecular formula is C25H31N3. The Labute approximate surface area is 169 Å². The fourth-order valence-corrected chi connectivity index (χ4v) is 3.52. The fourth-order valence-electron chi connectivity index (χ4n) is 3.52. The van der Waals surface area contributed by atoms with Gasteiger partial charge in [0.25, 0.3) is 0 Å². The zero-order valence-electron chi connectivity index (χ0n) is 17.8. The van der Waals surface area contributed by atoms with Crippen molar-refractivity contribution in [3.63, 3.8) is 0 Å². The van der Waals surface area contributed by atoms with Crippen molar-refractivity contribution in [3.05, 3.63) is 88.2 Å². The van der Waals surface area contributed by atoms with E-state index in [4.69, 9.17) is 4.98 Å². The predicted octanol–water partition coefficient (Wildman–Crippen LogP) is 6.66. The summed E-state index contributed by atoms with van der Waals surface area (Å²) in [5, 5.41) is 7.20. The molecule has 0 amide bonds. The van der Waals surface area contributed by atoms with E-state index in [9.17, 15) is 0 Å². The maximum absolute atomic E-state index is 4.93. The Morgan fingerprint density at radius 3 is 1.46 bits per heavy atom. The van der Waals surface area contributed by atoms with E-state index in [0.717, 1.165) is 22.8 Å². The van der Waals surface area contributed by atoms with Gasteiger partial charge in [-0.25, -0.2) is 0 Å². The van der Waals surface area contributed by atoms with E-state index >= 15 is 0 Å². The molecule has 0 saturated heterocycles. The number of aromatic nitrogens is 1. The van der Waals surface area contributed by atoms with Crippen LogP contribution in [0.1, 0.15) is 59.6 Å². The minimum Gasteiger partial charge on any atom is -0.377 e. The molecule has 0 fully saturated rings. The van der Waals surface area contributed by atoms with Crippen LogP contribution in [0, 0.1) is 27.7 Å². The van der Waals surface area contributed by atoms with E-state index in [-0.39, 0.29) is 12.1 Å². The van der Waals surface area contributed by atoms with Gasteiger partial charge in [0.2, 0.25) is 0 Å². The molecular weight excluding hydrogens is 342 g/mol. The maximum Gasteiger partial charge on any atom is 0.0657 e.